The third-order valence-corrected chi connectivity index (χ3v) is 3.18. The largest absolute Gasteiger partial charge is 0.394 e. The quantitative estimate of drug-likeness (QED) is 0.645. The summed E-state index contributed by atoms with van der Waals surface area (Å²) in [7, 11) is 0. The Balaban J connectivity index is 2.31. The minimum absolute atomic E-state index is 0.0860. The molecule has 96 valence electrons. The van der Waals surface area contributed by atoms with Crippen LogP contribution in [0.3, 0.4) is 0 Å². The molecule has 1 aromatic carbocycles. The van der Waals surface area contributed by atoms with Crippen molar-refractivity contribution in [1.29, 1.82) is 0 Å². The van der Waals surface area contributed by atoms with Crippen molar-refractivity contribution in [1.82, 2.24) is 4.90 Å². The minimum Gasteiger partial charge on any atom is -0.394 e. The highest BCUT2D eigenvalue weighted by Crippen LogP contribution is 2.24. The van der Waals surface area contributed by atoms with Crippen LogP contribution in [-0.4, -0.2) is 40.0 Å². The van der Waals surface area contributed by atoms with Crippen LogP contribution >= 0.6 is 0 Å². The van der Waals surface area contributed by atoms with Crippen LogP contribution in [0.15, 0.2) is 24.3 Å². The lowest BCUT2D eigenvalue weighted by atomic mass is 10.1. The number of aliphatic hydroxyl groups excluding tert-OH is 1. The maximum Gasteiger partial charge on any atom is 0.282 e. The van der Waals surface area contributed by atoms with Crippen molar-refractivity contribution in [2.75, 3.05) is 13.2 Å². The molecule has 0 saturated carbocycles. The lowest BCUT2D eigenvalue weighted by Gasteiger charge is -2.22. The van der Waals surface area contributed by atoms with Crippen LogP contribution in [0.5, 0.6) is 0 Å². The van der Waals surface area contributed by atoms with E-state index in [4.69, 9.17) is 0 Å². The number of hydrogen-bond acceptors (Lipinski definition) is 4. The number of nitrogens with zero attached hydrogens (tertiary/aromatic N) is 2. The molecule has 0 bridgehead atoms. The summed E-state index contributed by atoms with van der Waals surface area (Å²) >= 11 is 0. The van der Waals surface area contributed by atoms with Gasteiger partial charge >= 0.3 is 0 Å². The monoisotopic (exact) mass is 250 g/mol. The Morgan fingerprint density at radius 2 is 2.22 bits per heavy atom. The van der Waals surface area contributed by atoms with Gasteiger partial charge < -0.3 is 10.0 Å². The number of para-hydroxylation sites is 1. The number of amides is 1. The molecule has 1 fully saturated rings. The van der Waals surface area contributed by atoms with Gasteiger partial charge in [0.2, 0.25) is 0 Å². The second kappa shape index (κ2) is 5.14. The summed E-state index contributed by atoms with van der Waals surface area (Å²) in [6.07, 6.45) is 1.56. The zero-order valence-electron chi connectivity index (χ0n) is 9.78. The number of hydrogen-bond donors (Lipinski definition) is 1. The van der Waals surface area contributed by atoms with E-state index in [0.717, 1.165) is 12.8 Å². The number of carbonyl (C=O) groups is 1. The smallest absolute Gasteiger partial charge is 0.282 e. The summed E-state index contributed by atoms with van der Waals surface area (Å²) in [5.41, 5.74) is -0.103. The van der Waals surface area contributed by atoms with Crippen LogP contribution in [0.4, 0.5) is 5.69 Å². The fraction of sp³-hybridized carbons (Fsp3) is 0.417. The number of benzene rings is 1. The second-order valence-electron chi connectivity index (χ2n) is 4.25. The van der Waals surface area contributed by atoms with E-state index in [1.54, 1.807) is 6.07 Å². The van der Waals surface area contributed by atoms with E-state index in [0.29, 0.717) is 6.54 Å². The fourth-order valence-electron chi connectivity index (χ4n) is 2.26. The first-order valence-electron chi connectivity index (χ1n) is 5.80. The molecule has 1 saturated heterocycles. The molecule has 1 atom stereocenters. The molecule has 6 nitrogen and oxygen atoms in total. The van der Waals surface area contributed by atoms with E-state index in [1.807, 2.05) is 0 Å². The van der Waals surface area contributed by atoms with Crippen LogP contribution in [0.2, 0.25) is 0 Å². The average molecular weight is 250 g/mol. The van der Waals surface area contributed by atoms with Crippen LogP contribution in [-0.2, 0) is 0 Å². The predicted octanol–water partition coefficient (Wildman–Crippen LogP) is 1.19. The fourth-order valence-corrected chi connectivity index (χ4v) is 2.26. The summed E-state index contributed by atoms with van der Waals surface area (Å²) in [5.74, 6) is -0.376. The van der Waals surface area contributed by atoms with E-state index < -0.39 is 4.92 Å². The molecule has 0 aromatic heterocycles. The number of rotatable bonds is 3. The summed E-state index contributed by atoms with van der Waals surface area (Å²) < 4.78 is 0. The zero-order valence-corrected chi connectivity index (χ0v) is 9.78. The molecular formula is C12H14N2O4. The van der Waals surface area contributed by atoms with Gasteiger partial charge in [0.25, 0.3) is 11.6 Å². The summed E-state index contributed by atoms with van der Waals surface area (Å²) in [6, 6.07) is 5.68. The van der Waals surface area contributed by atoms with E-state index in [9.17, 15) is 20.0 Å². The molecule has 1 unspecified atom stereocenters. The lowest BCUT2D eigenvalue weighted by Crippen LogP contribution is -2.37. The van der Waals surface area contributed by atoms with Gasteiger partial charge in [0.15, 0.2) is 0 Å². The van der Waals surface area contributed by atoms with Gasteiger partial charge in [-0.1, -0.05) is 12.1 Å². The van der Waals surface area contributed by atoms with Crippen molar-refractivity contribution in [2.45, 2.75) is 18.9 Å². The van der Waals surface area contributed by atoms with Crippen LogP contribution in [0.25, 0.3) is 0 Å². The second-order valence-corrected chi connectivity index (χ2v) is 4.25. The van der Waals surface area contributed by atoms with Gasteiger partial charge in [0, 0.05) is 12.6 Å². The Morgan fingerprint density at radius 3 is 2.89 bits per heavy atom. The molecule has 1 aliphatic heterocycles. The van der Waals surface area contributed by atoms with E-state index in [1.165, 1.54) is 23.1 Å². The highest BCUT2D eigenvalue weighted by atomic mass is 16.6. The molecule has 0 spiro atoms. The number of carbonyl (C=O) groups excluding carboxylic acids is 1. The van der Waals surface area contributed by atoms with E-state index in [-0.39, 0.29) is 29.8 Å². The van der Waals surface area contributed by atoms with Crippen LogP contribution in [0.1, 0.15) is 23.2 Å². The molecule has 18 heavy (non-hydrogen) atoms. The van der Waals surface area contributed by atoms with Gasteiger partial charge in [0.05, 0.1) is 17.6 Å². The zero-order chi connectivity index (χ0) is 13.1. The third-order valence-electron chi connectivity index (χ3n) is 3.18. The molecular weight excluding hydrogens is 236 g/mol. The molecule has 2 rings (SSSR count). The van der Waals surface area contributed by atoms with Crippen LogP contribution in [0, 0.1) is 10.1 Å². The highest BCUT2D eigenvalue weighted by molar-refractivity contribution is 5.98. The Kier molecular flexibility index (Phi) is 3.57. The van der Waals surface area contributed by atoms with Crippen molar-refractivity contribution in [2.24, 2.45) is 0 Å². The van der Waals surface area contributed by atoms with Crippen molar-refractivity contribution in [3.05, 3.63) is 39.9 Å². The van der Waals surface area contributed by atoms with Crippen molar-refractivity contribution >= 4 is 11.6 Å². The number of aliphatic hydroxyl groups is 1. The van der Waals surface area contributed by atoms with Crippen molar-refractivity contribution < 1.29 is 14.8 Å². The Hall–Kier alpha value is -1.95. The topological polar surface area (TPSA) is 83.7 Å². The van der Waals surface area contributed by atoms with Gasteiger partial charge in [-0.05, 0) is 18.9 Å². The summed E-state index contributed by atoms with van der Waals surface area (Å²) in [6.45, 7) is 0.433. The van der Waals surface area contributed by atoms with Gasteiger partial charge in [-0.3, -0.25) is 14.9 Å². The predicted molar refractivity (Wildman–Crippen MR) is 64.2 cm³/mol. The van der Waals surface area contributed by atoms with Gasteiger partial charge in [0.1, 0.15) is 5.56 Å². The van der Waals surface area contributed by atoms with Gasteiger partial charge in [-0.2, -0.15) is 0 Å². The maximum absolute atomic E-state index is 12.3. The normalized spacial score (nSPS) is 18.9. The SMILES string of the molecule is O=C(c1ccccc1[N+](=O)[O-])N1CCCC1CO. The molecule has 1 aromatic rings. The Bertz CT molecular complexity index is 475. The molecule has 6 heteroatoms. The maximum atomic E-state index is 12.3. The number of nitro benzene ring substituents is 1. The highest BCUT2D eigenvalue weighted by Gasteiger charge is 2.31. The van der Waals surface area contributed by atoms with E-state index >= 15 is 0 Å². The van der Waals surface area contributed by atoms with Gasteiger partial charge in [-0.25, -0.2) is 0 Å². The van der Waals surface area contributed by atoms with Crippen LogP contribution < -0.4 is 0 Å². The van der Waals surface area contributed by atoms with Gasteiger partial charge in [-0.15, -0.1) is 0 Å². The van der Waals surface area contributed by atoms with E-state index in [2.05, 4.69) is 0 Å². The standard InChI is InChI=1S/C12H14N2O4/c15-8-9-4-3-7-13(9)12(16)10-5-1-2-6-11(10)14(17)18/h1-2,5-6,9,15H,3-4,7-8H2. The average Bonchev–Trinajstić information content (AvgIpc) is 2.86. The van der Waals surface area contributed by atoms with Crippen molar-refractivity contribution in [3.63, 3.8) is 0 Å². The van der Waals surface area contributed by atoms with Crippen molar-refractivity contribution in [3.8, 4) is 0 Å². The lowest BCUT2D eigenvalue weighted by molar-refractivity contribution is -0.385. The third kappa shape index (κ3) is 2.19. The first-order chi connectivity index (χ1) is 8.65. The number of nitro groups is 1. The Labute approximate surface area is 104 Å². The summed E-state index contributed by atoms with van der Waals surface area (Å²) in [4.78, 5) is 24.1. The number of likely N-dealkylation sites (tertiary alicyclic amines) is 1. The molecule has 0 aliphatic carbocycles. The first-order valence-corrected chi connectivity index (χ1v) is 5.80. The Morgan fingerprint density at radius 1 is 1.50 bits per heavy atom. The molecule has 1 heterocycles. The molecule has 1 N–H and O–H groups in total. The minimum atomic E-state index is -0.558. The molecule has 1 aliphatic rings. The first kappa shape index (κ1) is 12.5. The summed E-state index contributed by atoms with van der Waals surface area (Å²) in [5, 5.41) is 20.1. The molecule has 1 amide bonds. The molecule has 0 radical (unpaired) electrons.